The standard InChI is InChI=1S/C12H16N2OS/c13-12-14-10(8-16-12)7-11(15)9-5-3-1-2-4-6-9/h5,8H,1-4,6-7H2,(H2,13,14). The number of anilines is 1. The van der Waals surface area contributed by atoms with E-state index in [1.54, 1.807) is 0 Å². The highest BCUT2D eigenvalue weighted by Crippen LogP contribution is 2.20. The number of carbonyl (C=O) groups is 1. The number of hydrogen-bond donors (Lipinski definition) is 1. The molecule has 0 bridgehead atoms. The Bertz CT molecular complexity index is 409. The lowest BCUT2D eigenvalue weighted by molar-refractivity contribution is -0.115. The Hall–Kier alpha value is -1.16. The lowest BCUT2D eigenvalue weighted by atomic mass is 10.0. The molecule has 3 nitrogen and oxygen atoms in total. The van der Waals surface area contributed by atoms with Crippen LogP contribution < -0.4 is 5.73 Å². The van der Waals surface area contributed by atoms with Crippen molar-refractivity contribution in [2.75, 3.05) is 5.73 Å². The maximum absolute atomic E-state index is 12.0. The summed E-state index contributed by atoms with van der Waals surface area (Å²) >= 11 is 1.39. The van der Waals surface area contributed by atoms with Crippen LogP contribution in [0, 0.1) is 0 Å². The Balaban J connectivity index is 1.99. The molecule has 16 heavy (non-hydrogen) atoms. The fourth-order valence-electron chi connectivity index (χ4n) is 1.95. The Morgan fingerprint density at radius 1 is 1.44 bits per heavy atom. The van der Waals surface area contributed by atoms with Crippen molar-refractivity contribution in [3.63, 3.8) is 0 Å². The number of nitrogen functional groups attached to an aromatic ring is 1. The molecule has 1 aromatic heterocycles. The molecule has 2 rings (SSSR count). The number of nitrogens with zero attached hydrogens (tertiary/aromatic N) is 1. The Morgan fingerprint density at radius 2 is 2.31 bits per heavy atom. The quantitative estimate of drug-likeness (QED) is 0.878. The van der Waals surface area contributed by atoms with Crippen molar-refractivity contribution in [3.8, 4) is 0 Å². The number of rotatable bonds is 3. The molecule has 86 valence electrons. The van der Waals surface area contributed by atoms with Crippen LogP contribution in [-0.2, 0) is 11.2 Å². The number of carbonyl (C=O) groups excluding carboxylic acids is 1. The van der Waals surface area contributed by atoms with E-state index in [-0.39, 0.29) is 5.78 Å². The zero-order chi connectivity index (χ0) is 11.4. The van der Waals surface area contributed by atoms with E-state index in [1.165, 1.54) is 24.2 Å². The van der Waals surface area contributed by atoms with Crippen LogP contribution in [0.5, 0.6) is 0 Å². The van der Waals surface area contributed by atoms with E-state index in [1.807, 2.05) is 5.38 Å². The van der Waals surface area contributed by atoms with Crippen LogP contribution in [0.1, 0.15) is 37.8 Å². The van der Waals surface area contributed by atoms with Crippen molar-refractivity contribution < 1.29 is 4.79 Å². The minimum absolute atomic E-state index is 0.215. The Kier molecular flexibility index (Phi) is 3.72. The van der Waals surface area contributed by atoms with E-state index in [4.69, 9.17) is 5.73 Å². The van der Waals surface area contributed by atoms with Crippen LogP contribution in [0.15, 0.2) is 17.0 Å². The second-order valence-electron chi connectivity index (χ2n) is 4.11. The van der Waals surface area contributed by atoms with Gasteiger partial charge in [0, 0.05) is 5.38 Å². The zero-order valence-corrected chi connectivity index (χ0v) is 10.1. The van der Waals surface area contributed by atoms with Gasteiger partial charge in [-0.15, -0.1) is 11.3 Å². The molecule has 1 aromatic rings. The molecule has 0 atom stereocenters. The molecule has 1 heterocycles. The number of thiazole rings is 1. The van der Waals surface area contributed by atoms with Crippen molar-refractivity contribution in [2.24, 2.45) is 0 Å². The van der Waals surface area contributed by atoms with Crippen LogP contribution in [0.25, 0.3) is 0 Å². The maximum atomic E-state index is 12.0. The van der Waals surface area contributed by atoms with Gasteiger partial charge in [-0.25, -0.2) is 4.98 Å². The highest BCUT2D eigenvalue weighted by molar-refractivity contribution is 7.13. The van der Waals surface area contributed by atoms with Crippen molar-refractivity contribution >= 4 is 22.3 Å². The van der Waals surface area contributed by atoms with Gasteiger partial charge in [-0.05, 0) is 31.3 Å². The summed E-state index contributed by atoms with van der Waals surface area (Å²) < 4.78 is 0. The average Bonchev–Trinajstić information content (AvgIpc) is 2.56. The lowest BCUT2D eigenvalue weighted by Gasteiger charge is -2.02. The lowest BCUT2D eigenvalue weighted by Crippen LogP contribution is -2.06. The van der Waals surface area contributed by atoms with Crippen LogP contribution >= 0.6 is 11.3 Å². The first-order valence-electron chi connectivity index (χ1n) is 5.68. The van der Waals surface area contributed by atoms with Crippen LogP contribution in [0.4, 0.5) is 5.13 Å². The van der Waals surface area contributed by atoms with E-state index >= 15 is 0 Å². The largest absolute Gasteiger partial charge is 0.375 e. The summed E-state index contributed by atoms with van der Waals surface area (Å²) in [5.41, 5.74) is 7.33. The summed E-state index contributed by atoms with van der Waals surface area (Å²) in [6, 6.07) is 0. The number of hydrogen-bond acceptors (Lipinski definition) is 4. The highest BCUT2D eigenvalue weighted by Gasteiger charge is 2.13. The number of nitrogens with two attached hydrogens (primary N) is 1. The van der Waals surface area contributed by atoms with E-state index in [9.17, 15) is 4.79 Å². The summed E-state index contributed by atoms with van der Waals surface area (Å²) in [7, 11) is 0. The first-order valence-corrected chi connectivity index (χ1v) is 6.56. The topological polar surface area (TPSA) is 56.0 Å². The molecular formula is C12H16N2OS. The Morgan fingerprint density at radius 3 is 3.06 bits per heavy atom. The van der Waals surface area contributed by atoms with E-state index in [0.717, 1.165) is 30.5 Å². The summed E-state index contributed by atoms with van der Waals surface area (Å²) in [5.74, 6) is 0.215. The van der Waals surface area contributed by atoms with Crippen LogP contribution in [-0.4, -0.2) is 10.8 Å². The first-order chi connectivity index (χ1) is 7.75. The van der Waals surface area contributed by atoms with Gasteiger partial charge in [-0.3, -0.25) is 4.79 Å². The first kappa shape index (κ1) is 11.3. The number of ketones is 1. The molecule has 2 N–H and O–H groups in total. The summed E-state index contributed by atoms with van der Waals surface area (Å²) in [5, 5.41) is 2.41. The summed E-state index contributed by atoms with van der Waals surface area (Å²) in [4.78, 5) is 16.1. The van der Waals surface area contributed by atoms with Gasteiger partial charge in [0.05, 0.1) is 12.1 Å². The van der Waals surface area contributed by atoms with E-state index < -0.39 is 0 Å². The number of allylic oxidation sites excluding steroid dienone is 2. The maximum Gasteiger partial charge on any atom is 0.180 e. The molecule has 0 aliphatic heterocycles. The molecule has 1 aliphatic carbocycles. The third-order valence-electron chi connectivity index (χ3n) is 2.81. The molecule has 0 amide bonds. The predicted octanol–water partition coefficient (Wildman–Crippen LogP) is 2.73. The van der Waals surface area contributed by atoms with Gasteiger partial charge in [-0.1, -0.05) is 12.5 Å². The molecule has 0 saturated heterocycles. The van der Waals surface area contributed by atoms with Gasteiger partial charge >= 0.3 is 0 Å². The summed E-state index contributed by atoms with van der Waals surface area (Å²) in [6.45, 7) is 0. The third-order valence-corrected chi connectivity index (χ3v) is 3.53. The number of aromatic nitrogens is 1. The highest BCUT2D eigenvalue weighted by atomic mass is 32.1. The molecule has 0 unspecified atom stereocenters. The summed E-state index contributed by atoms with van der Waals surface area (Å²) in [6.07, 6.45) is 8.05. The van der Waals surface area contributed by atoms with Gasteiger partial charge in [0.15, 0.2) is 10.9 Å². The number of Topliss-reactive ketones (excluding diaryl/α,β-unsaturated/α-hetero) is 1. The molecule has 1 aliphatic rings. The average molecular weight is 236 g/mol. The fraction of sp³-hybridized carbons (Fsp3) is 0.500. The van der Waals surface area contributed by atoms with Crippen molar-refractivity contribution in [2.45, 2.75) is 38.5 Å². The van der Waals surface area contributed by atoms with Crippen molar-refractivity contribution in [1.82, 2.24) is 4.98 Å². The van der Waals surface area contributed by atoms with Crippen LogP contribution in [0.2, 0.25) is 0 Å². The van der Waals surface area contributed by atoms with Crippen LogP contribution in [0.3, 0.4) is 0 Å². The molecule has 0 radical (unpaired) electrons. The second-order valence-corrected chi connectivity index (χ2v) is 5.00. The molecular weight excluding hydrogens is 220 g/mol. The molecule has 0 fully saturated rings. The third kappa shape index (κ3) is 2.92. The SMILES string of the molecule is Nc1nc(CC(=O)C2=CCCCCC2)cs1. The Labute approximate surface area is 99.4 Å². The monoisotopic (exact) mass is 236 g/mol. The molecule has 0 aromatic carbocycles. The minimum Gasteiger partial charge on any atom is -0.375 e. The second kappa shape index (κ2) is 5.25. The molecule has 0 saturated carbocycles. The van der Waals surface area contributed by atoms with Gasteiger partial charge in [0.25, 0.3) is 0 Å². The molecule has 4 heteroatoms. The van der Waals surface area contributed by atoms with Crippen molar-refractivity contribution in [1.29, 1.82) is 0 Å². The molecule has 0 spiro atoms. The van der Waals surface area contributed by atoms with Gasteiger partial charge in [-0.2, -0.15) is 0 Å². The smallest absolute Gasteiger partial charge is 0.180 e. The minimum atomic E-state index is 0.215. The van der Waals surface area contributed by atoms with Gasteiger partial charge in [0.2, 0.25) is 0 Å². The van der Waals surface area contributed by atoms with Gasteiger partial charge < -0.3 is 5.73 Å². The van der Waals surface area contributed by atoms with Gasteiger partial charge in [0.1, 0.15) is 0 Å². The normalized spacial score (nSPS) is 16.6. The van der Waals surface area contributed by atoms with E-state index in [0.29, 0.717) is 11.6 Å². The fourth-order valence-corrected chi connectivity index (χ4v) is 2.51. The predicted molar refractivity (Wildman–Crippen MR) is 66.4 cm³/mol. The zero-order valence-electron chi connectivity index (χ0n) is 9.24. The van der Waals surface area contributed by atoms with E-state index in [2.05, 4.69) is 11.1 Å². The van der Waals surface area contributed by atoms with Crippen molar-refractivity contribution in [3.05, 3.63) is 22.7 Å².